The number of carbonyl (C=O) groups is 1. The summed E-state index contributed by atoms with van der Waals surface area (Å²) in [5.74, 6) is 1.10. The van der Waals surface area contributed by atoms with Crippen LogP contribution in [0.1, 0.15) is 42.8 Å². The Balaban J connectivity index is 1.72. The molecule has 3 rings (SSSR count). The van der Waals surface area contributed by atoms with E-state index >= 15 is 0 Å². The molecule has 0 aliphatic heterocycles. The molecule has 156 valence electrons. The molecule has 0 radical (unpaired) electrons. The summed E-state index contributed by atoms with van der Waals surface area (Å²) in [7, 11) is 0. The molecule has 1 unspecified atom stereocenters. The molecule has 0 saturated heterocycles. The number of anilines is 2. The lowest BCUT2D eigenvalue weighted by Gasteiger charge is -2.17. The van der Waals surface area contributed by atoms with E-state index < -0.39 is 0 Å². The van der Waals surface area contributed by atoms with Gasteiger partial charge in [0.15, 0.2) is 11.6 Å². The van der Waals surface area contributed by atoms with Crippen molar-refractivity contribution >= 4 is 29.0 Å². The van der Waals surface area contributed by atoms with Gasteiger partial charge in [0, 0.05) is 23.5 Å². The first-order valence-corrected chi connectivity index (χ1v) is 9.95. The summed E-state index contributed by atoms with van der Waals surface area (Å²) in [6.45, 7) is 5.76. The van der Waals surface area contributed by atoms with Crippen LogP contribution in [0.4, 0.5) is 11.5 Å². The molecule has 0 aliphatic rings. The van der Waals surface area contributed by atoms with Gasteiger partial charge < -0.3 is 20.5 Å². The van der Waals surface area contributed by atoms with E-state index in [0.717, 1.165) is 5.56 Å². The molecule has 7 heteroatoms. The van der Waals surface area contributed by atoms with E-state index in [1.807, 2.05) is 51.1 Å². The summed E-state index contributed by atoms with van der Waals surface area (Å²) in [6, 6.07) is 16.1. The minimum atomic E-state index is -0.327. The number of ether oxygens (including phenoxy) is 2. The van der Waals surface area contributed by atoms with Crippen LogP contribution in [0.2, 0.25) is 5.02 Å². The lowest BCUT2D eigenvalue weighted by Crippen LogP contribution is -2.13. The Bertz CT molecular complexity index is 1040. The third-order valence-electron chi connectivity index (χ3n) is 4.23. The zero-order valence-corrected chi connectivity index (χ0v) is 17.8. The molecule has 6 nitrogen and oxygen atoms in total. The van der Waals surface area contributed by atoms with Crippen LogP contribution < -0.4 is 20.5 Å². The highest BCUT2D eigenvalue weighted by Gasteiger charge is 2.13. The number of carbonyl (C=O) groups excluding carboxylic acids is 1. The Labute approximate surface area is 181 Å². The zero-order chi connectivity index (χ0) is 21.7. The second kappa shape index (κ2) is 9.50. The molecule has 1 heterocycles. The van der Waals surface area contributed by atoms with Gasteiger partial charge in [0.2, 0.25) is 0 Å². The summed E-state index contributed by atoms with van der Waals surface area (Å²) in [5.41, 5.74) is 7.89. The van der Waals surface area contributed by atoms with Gasteiger partial charge >= 0.3 is 0 Å². The average Bonchev–Trinajstić information content (AvgIpc) is 2.70. The number of halogens is 1. The first-order valence-electron chi connectivity index (χ1n) is 9.57. The SMILES string of the molecule is CC(C)Oc1cccc(C(=O)Nc2cccc(C(C)Oc3cc(Cl)cnc3N)c2)c1. The highest BCUT2D eigenvalue weighted by Crippen LogP contribution is 2.29. The topological polar surface area (TPSA) is 86.5 Å². The summed E-state index contributed by atoms with van der Waals surface area (Å²) in [5, 5.41) is 3.35. The van der Waals surface area contributed by atoms with E-state index in [9.17, 15) is 4.79 Å². The third kappa shape index (κ3) is 5.64. The van der Waals surface area contributed by atoms with E-state index in [2.05, 4.69) is 10.3 Å². The second-order valence-corrected chi connectivity index (χ2v) is 7.51. The Morgan fingerprint density at radius 3 is 2.60 bits per heavy atom. The van der Waals surface area contributed by atoms with E-state index in [1.54, 1.807) is 24.3 Å². The molecular formula is C23H24ClN3O3. The molecule has 0 spiro atoms. The minimum absolute atomic E-state index is 0.0326. The molecule has 0 saturated carbocycles. The number of amides is 1. The van der Waals surface area contributed by atoms with Gasteiger partial charge in [-0.05, 0) is 56.7 Å². The van der Waals surface area contributed by atoms with Crippen LogP contribution in [0, 0.1) is 0 Å². The van der Waals surface area contributed by atoms with E-state index in [4.69, 9.17) is 26.8 Å². The molecule has 3 N–H and O–H groups in total. The number of hydrogen-bond donors (Lipinski definition) is 2. The predicted molar refractivity (Wildman–Crippen MR) is 119 cm³/mol. The molecular weight excluding hydrogens is 402 g/mol. The van der Waals surface area contributed by atoms with Crippen molar-refractivity contribution in [2.24, 2.45) is 0 Å². The maximum Gasteiger partial charge on any atom is 0.255 e. The van der Waals surface area contributed by atoms with E-state index in [0.29, 0.717) is 27.8 Å². The third-order valence-corrected chi connectivity index (χ3v) is 4.44. The first kappa shape index (κ1) is 21.5. The van der Waals surface area contributed by atoms with Crippen LogP contribution >= 0.6 is 11.6 Å². The molecule has 3 aromatic rings. The predicted octanol–water partition coefficient (Wildman–Crippen LogP) is 5.50. The van der Waals surface area contributed by atoms with Gasteiger partial charge in [0.1, 0.15) is 11.9 Å². The monoisotopic (exact) mass is 425 g/mol. The Morgan fingerprint density at radius 1 is 1.07 bits per heavy atom. The molecule has 1 aromatic heterocycles. The van der Waals surface area contributed by atoms with Crippen LogP contribution in [0.15, 0.2) is 60.8 Å². The number of nitrogens with one attached hydrogen (secondary N) is 1. The van der Waals surface area contributed by atoms with Gasteiger partial charge in [0.05, 0.1) is 11.1 Å². The molecule has 2 aromatic carbocycles. The van der Waals surface area contributed by atoms with Crippen molar-refractivity contribution in [2.75, 3.05) is 11.1 Å². The fraction of sp³-hybridized carbons (Fsp3) is 0.217. The number of nitrogen functional groups attached to an aromatic ring is 1. The standard InChI is InChI=1S/C23H24ClN3O3/c1-14(2)29-20-9-5-7-17(11-20)23(28)27-19-8-4-6-16(10-19)15(3)30-21-12-18(24)13-26-22(21)25/h4-15H,1-3H3,(H2,25,26)(H,27,28). The lowest BCUT2D eigenvalue weighted by atomic mass is 10.1. The molecule has 1 amide bonds. The Hall–Kier alpha value is -3.25. The molecule has 30 heavy (non-hydrogen) atoms. The number of rotatable bonds is 7. The minimum Gasteiger partial charge on any atom is -0.491 e. The van der Waals surface area contributed by atoms with Crippen LogP contribution in [0.5, 0.6) is 11.5 Å². The second-order valence-electron chi connectivity index (χ2n) is 7.07. The van der Waals surface area contributed by atoms with Gasteiger partial charge in [-0.2, -0.15) is 0 Å². The number of hydrogen-bond acceptors (Lipinski definition) is 5. The van der Waals surface area contributed by atoms with Crippen molar-refractivity contribution in [1.82, 2.24) is 4.98 Å². The van der Waals surface area contributed by atoms with Crippen molar-refractivity contribution < 1.29 is 14.3 Å². The quantitative estimate of drug-likeness (QED) is 0.522. The van der Waals surface area contributed by atoms with Crippen molar-refractivity contribution in [1.29, 1.82) is 0 Å². The van der Waals surface area contributed by atoms with Gasteiger partial charge in [-0.3, -0.25) is 4.79 Å². The van der Waals surface area contributed by atoms with Crippen LogP contribution in [0.3, 0.4) is 0 Å². The van der Waals surface area contributed by atoms with Crippen molar-refractivity contribution in [3.8, 4) is 11.5 Å². The van der Waals surface area contributed by atoms with Crippen molar-refractivity contribution in [2.45, 2.75) is 33.0 Å². The Morgan fingerprint density at radius 2 is 1.83 bits per heavy atom. The van der Waals surface area contributed by atoms with Crippen molar-refractivity contribution in [3.05, 3.63) is 76.9 Å². The molecule has 0 fully saturated rings. The van der Waals surface area contributed by atoms with Gasteiger partial charge in [-0.25, -0.2) is 4.98 Å². The smallest absolute Gasteiger partial charge is 0.255 e. The zero-order valence-electron chi connectivity index (χ0n) is 17.1. The van der Waals surface area contributed by atoms with E-state index in [1.165, 1.54) is 6.20 Å². The van der Waals surface area contributed by atoms with Gasteiger partial charge in [-0.15, -0.1) is 0 Å². The number of benzene rings is 2. The van der Waals surface area contributed by atoms with Crippen molar-refractivity contribution in [3.63, 3.8) is 0 Å². The summed E-state index contributed by atoms with van der Waals surface area (Å²) in [6.07, 6.45) is 1.17. The lowest BCUT2D eigenvalue weighted by molar-refractivity contribution is 0.102. The first-order chi connectivity index (χ1) is 14.3. The number of aromatic nitrogens is 1. The normalized spacial score (nSPS) is 11.8. The largest absolute Gasteiger partial charge is 0.491 e. The number of nitrogens with zero attached hydrogens (tertiary/aromatic N) is 1. The maximum absolute atomic E-state index is 12.7. The summed E-state index contributed by atoms with van der Waals surface area (Å²) >= 11 is 5.97. The van der Waals surface area contributed by atoms with Gasteiger partial charge in [0.25, 0.3) is 5.91 Å². The average molecular weight is 426 g/mol. The van der Waals surface area contributed by atoms with E-state index in [-0.39, 0.29) is 23.9 Å². The molecule has 0 bridgehead atoms. The molecule has 1 atom stereocenters. The number of nitrogens with two attached hydrogens (primary N) is 1. The summed E-state index contributed by atoms with van der Waals surface area (Å²) < 4.78 is 11.6. The number of pyridine rings is 1. The summed E-state index contributed by atoms with van der Waals surface area (Å²) in [4.78, 5) is 16.7. The highest BCUT2D eigenvalue weighted by atomic mass is 35.5. The highest BCUT2D eigenvalue weighted by molar-refractivity contribution is 6.30. The van der Waals surface area contributed by atoms with Crippen LogP contribution in [-0.2, 0) is 0 Å². The fourth-order valence-corrected chi connectivity index (χ4v) is 2.99. The van der Waals surface area contributed by atoms with Crippen LogP contribution in [0.25, 0.3) is 0 Å². The fourth-order valence-electron chi connectivity index (χ4n) is 2.84. The molecule has 0 aliphatic carbocycles. The van der Waals surface area contributed by atoms with Gasteiger partial charge in [-0.1, -0.05) is 29.8 Å². The van der Waals surface area contributed by atoms with Crippen LogP contribution in [-0.4, -0.2) is 17.0 Å². The Kier molecular flexibility index (Phi) is 6.79. The maximum atomic E-state index is 12.7.